The monoisotopic (exact) mass is 856 g/mol. The number of thiocarbonyl (C=S) groups is 1. The summed E-state index contributed by atoms with van der Waals surface area (Å²) < 4.78 is 53.3. The number of piperidine rings is 1. The Morgan fingerprint density at radius 3 is 1.90 bits per heavy atom. The Hall–Kier alpha value is -4.07. The van der Waals surface area contributed by atoms with Crippen LogP contribution in [0.1, 0.15) is 88.5 Å². The molecule has 0 saturated carbocycles. The fraction of sp³-hybridized carbons (Fsp3) is 0.605. The first-order valence-corrected chi connectivity index (χ1v) is 20.8. The van der Waals surface area contributed by atoms with E-state index in [0.717, 1.165) is 54.7 Å². The van der Waals surface area contributed by atoms with Crippen LogP contribution in [0.25, 0.3) is 0 Å². The SMILES string of the molecule is CC(=O)OCC1OC(CC(=S)NCc2ccc(C3OC(CN4CCC5(CC4)OCCO5)C(C)C(c4ccc(CO)cc4)O3)cc2)C(OC(C)=O)C(OC(C)=O)C1OC(C)=O. The molecule has 9 atom stereocenters. The normalized spacial score (nSPS) is 29.0. The third-order valence-electron chi connectivity index (χ3n) is 11.2. The molecule has 4 heterocycles. The van der Waals surface area contributed by atoms with Gasteiger partial charge >= 0.3 is 23.9 Å². The van der Waals surface area contributed by atoms with Crippen molar-refractivity contribution < 1.29 is 66.9 Å². The van der Waals surface area contributed by atoms with Crippen molar-refractivity contribution in [2.45, 2.75) is 122 Å². The van der Waals surface area contributed by atoms with Gasteiger partial charge in [0.05, 0.1) is 37.0 Å². The van der Waals surface area contributed by atoms with Gasteiger partial charge in [-0.25, -0.2) is 0 Å². The summed E-state index contributed by atoms with van der Waals surface area (Å²) in [5, 5.41) is 12.9. The summed E-state index contributed by atoms with van der Waals surface area (Å²) >= 11 is 5.71. The van der Waals surface area contributed by atoms with E-state index in [1.54, 1.807) is 0 Å². The van der Waals surface area contributed by atoms with Gasteiger partial charge in [0.25, 0.3) is 0 Å². The molecule has 4 aliphatic rings. The van der Waals surface area contributed by atoms with Crippen LogP contribution in [0.3, 0.4) is 0 Å². The van der Waals surface area contributed by atoms with Gasteiger partial charge in [-0.1, -0.05) is 67.7 Å². The van der Waals surface area contributed by atoms with Gasteiger partial charge in [0.1, 0.15) is 18.8 Å². The summed E-state index contributed by atoms with van der Waals surface area (Å²) in [6, 6.07) is 15.7. The van der Waals surface area contributed by atoms with E-state index in [9.17, 15) is 24.3 Å². The first kappa shape index (κ1) is 45.5. The Bertz CT molecular complexity index is 1800. The minimum Gasteiger partial charge on any atom is -0.463 e. The quantitative estimate of drug-likeness (QED) is 0.159. The van der Waals surface area contributed by atoms with Crippen LogP contribution in [-0.2, 0) is 75.0 Å². The van der Waals surface area contributed by atoms with Crippen LogP contribution in [0.4, 0.5) is 0 Å². The topological polar surface area (TPSA) is 187 Å². The van der Waals surface area contributed by atoms with Gasteiger partial charge in [-0.3, -0.25) is 19.2 Å². The molecule has 2 aromatic rings. The molecule has 60 heavy (non-hydrogen) atoms. The number of carbonyl (C=O) groups excluding carboxylic acids is 4. The number of nitrogens with zero attached hydrogens (tertiary/aromatic N) is 1. The minimum absolute atomic E-state index is 0.0224. The van der Waals surface area contributed by atoms with E-state index in [4.69, 9.17) is 54.8 Å². The average molecular weight is 857 g/mol. The molecule has 4 aliphatic heterocycles. The standard InChI is InChI=1S/C43H56N2O14S/c1-25-35(22-45-16-14-43(15-17-45)52-18-19-53-43)58-42(59-38(25)32-10-8-31(23-46)9-11-32)33-12-6-30(7-13-33)21-44-37(60)20-34-39(54-27(3)48)41(56-29(5)50)40(55-28(4)49)36(57-34)24-51-26(2)47/h6-13,25,34-36,38-42,46H,14-24H2,1-5H3,(H,44,60). The van der Waals surface area contributed by atoms with Crippen molar-refractivity contribution in [1.82, 2.24) is 10.2 Å². The number of likely N-dealkylation sites (tertiary alicyclic amines) is 1. The molecule has 9 unspecified atom stereocenters. The summed E-state index contributed by atoms with van der Waals surface area (Å²) in [4.78, 5) is 51.0. The third-order valence-corrected chi connectivity index (χ3v) is 11.5. The van der Waals surface area contributed by atoms with Crippen molar-refractivity contribution in [2.75, 3.05) is 39.5 Å². The molecule has 0 radical (unpaired) electrons. The largest absolute Gasteiger partial charge is 0.463 e. The number of rotatable bonds is 14. The highest BCUT2D eigenvalue weighted by molar-refractivity contribution is 7.80. The minimum atomic E-state index is -1.27. The van der Waals surface area contributed by atoms with E-state index in [1.807, 2.05) is 48.5 Å². The number of aliphatic hydroxyl groups excluding tert-OH is 1. The Morgan fingerprint density at radius 2 is 1.32 bits per heavy atom. The molecular formula is C43H56N2O14S. The van der Waals surface area contributed by atoms with Crippen molar-refractivity contribution in [3.8, 4) is 0 Å². The van der Waals surface area contributed by atoms with Crippen molar-refractivity contribution in [1.29, 1.82) is 0 Å². The maximum atomic E-state index is 12.3. The maximum absolute atomic E-state index is 12.3. The number of carbonyl (C=O) groups is 4. The number of hydrogen-bond acceptors (Lipinski definition) is 16. The number of benzene rings is 2. The van der Waals surface area contributed by atoms with Crippen LogP contribution >= 0.6 is 12.2 Å². The van der Waals surface area contributed by atoms with Crippen LogP contribution in [-0.4, -0.2) is 121 Å². The lowest BCUT2D eigenvalue weighted by molar-refractivity contribution is -0.278. The molecule has 16 nitrogen and oxygen atoms in total. The summed E-state index contributed by atoms with van der Waals surface area (Å²) in [5.74, 6) is -3.14. The van der Waals surface area contributed by atoms with Gasteiger partial charge in [-0.2, -0.15) is 0 Å². The van der Waals surface area contributed by atoms with Gasteiger partial charge in [0.2, 0.25) is 0 Å². The second kappa shape index (κ2) is 20.7. The van der Waals surface area contributed by atoms with Crippen molar-refractivity contribution >= 4 is 41.1 Å². The smallest absolute Gasteiger partial charge is 0.303 e. The molecule has 0 aliphatic carbocycles. The number of aliphatic hydroxyl groups is 1. The number of ether oxygens (including phenoxy) is 9. The third kappa shape index (κ3) is 11.8. The summed E-state index contributed by atoms with van der Waals surface area (Å²) in [6.45, 7) is 10.5. The zero-order chi connectivity index (χ0) is 43.0. The molecule has 0 aromatic heterocycles. The molecule has 4 fully saturated rings. The Morgan fingerprint density at radius 1 is 0.750 bits per heavy atom. The zero-order valence-corrected chi connectivity index (χ0v) is 35.5. The van der Waals surface area contributed by atoms with E-state index in [0.29, 0.717) is 24.7 Å². The van der Waals surface area contributed by atoms with Gasteiger partial charge in [0, 0.05) is 84.6 Å². The molecule has 6 rings (SSSR count). The lowest BCUT2D eigenvalue weighted by Crippen LogP contribution is -2.62. The molecule has 1 spiro atoms. The molecule has 2 N–H and O–H groups in total. The second-order valence-electron chi connectivity index (χ2n) is 15.7. The molecule has 0 bridgehead atoms. The van der Waals surface area contributed by atoms with Crippen molar-refractivity contribution in [2.24, 2.45) is 5.92 Å². The number of nitrogens with one attached hydrogen (secondary N) is 1. The fourth-order valence-electron chi connectivity index (χ4n) is 8.17. The highest BCUT2D eigenvalue weighted by Gasteiger charge is 2.52. The highest BCUT2D eigenvalue weighted by Crippen LogP contribution is 2.42. The van der Waals surface area contributed by atoms with Gasteiger partial charge in [-0.15, -0.1) is 0 Å². The van der Waals surface area contributed by atoms with Crippen LogP contribution in [0.15, 0.2) is 48.5 Å². The van der Waals surface area contributed by atoms with E-state index in [-0.39, 0.29) is 37.8 Å². The lowest BCUT2D eigenvalue weighted by atomic mass is 9.89. The molecule has 2 aromatic carbocycles. The van der Waals surface area contributed by atoms with Gasteiger partial charge in [-0.05, 0) is 16.7 Å². The zero-order valence-electron chi connectivity index (χ0n) is 34.7. The summed E-state index contributed by atoms with van der Waals surface area (Å²) in [6.07, 6.45) is -5.15. The first-order chi connectivity index (χ1) is 28.7. The first-order valence-electron chi connectivity index (χ1n) is 20.4. The number of esters is 4. The van der Waals surface area contributed by atoms with E-state index >= 15 is 0 Å². The van der Waals surface area contributed by atoms with Gasteiger partial charge < -0.3 is 58.0 Å². The van der Waals surface area contributed by atoms with Crippen LogP contribution in [0.2, 0.25) is 0 Å². The molecule has 328 valence electrons. The second-order valence-corrected chi connectivity index (χ2v) is 16.2. The molecule has 17 heteroatoms. The number of hydrogen-bond donors (Lipinski definition) is 2. The highest BCUT2D eigenvalue weighted by atomic mass is 32.1. The van der Waals surface area contributed by atoms with E-state index in [2.05, 4.69) is 17.1 Å². The van der Waals surface area contributed by atoms with E-state index < -0.39 is 66.5 Å². The average Bonchev–Trinajstić information content (AvgIpc) is 3.67. The molecule has 0 amide bonds. The summed E-state index contributed by atoms with van der Waals surface area (Å²) in [7, 11) is 0. The van der Waals surface area contributed by atoms with Crippen LogP contribution in [0, 0.1) is 5.92 Å². The predicted molar refractivity (Wildman–Crippen MR) is 216 cm³/mol. The predicted octanol–water partition coefficient (Wildman–Crippen LogP) is 3.74. The Kier molecular flexibility index (Phi) is 15.7. The van der Waals surface area contributed by atoms with Crippen LogP contribution in [0.5, 0.6) is 0 Å². The van der Waals surface area contributed by atoms with E-state index in [1.165, 1.54) is 27.7 Å². The van der Waals surface area contributed by atoms with Crippen molar-refractivity contribution in [3.05, 3.63) is 70.8 Å². The maximum Gasteiger partial charge on any atom is 0.303 e. The fourth-order valence-corrected chi connectivity index (χ4v) is 8.41. The van der Waals surface area contributed by atoms with Crippen molar-refractivity contribution in [3.63, 3.8) is 0 Å². The molecule has 4 saturated heterocycles. The summed E-state index contributed by atoms with van der Waals surface area (Å²) in [5.41, 5.74) is 3.58. The Balaban J connectivity index is 1.12. The lowest BCUT2D eigenvalue weighted by Gasteiger charge is -2.44. The van der Waals surface area contributed by atoms with Gasteiger partial charge in [0.15, 0.2) is 30.4 Å². The van der Waals surface area contributed by atoms with Crippen LogP contribution < -0.4 is 5.32 Å². The molecular weight excluding hydrogens is 801 g/mol. The Labute approximate surface area is 355 Å².